The Bertz CT molecular complexity index is 675. The SMILES string of the molecule is Cc1cc(NC(=O)c2c3c(cn2C)C(N)CC3)ccn1. The van der Waals surface area contributed by atoms with Crippen LogP contribution in [0.4, 0.5) is 5.69 Å². The van der Waals surface area contributed by atoms with Crippen molar-refractivity contribution < 1.29 is 4.79 Å². The Morgan fingerprint density at radius 2 is 2.35 bits per heavy atom. The van der Waals surface area contributed by atoms with Gasteiger partial charge in [-0.05, 0) is 43.0 Å². The minimum Gasteiger partial charge on any atom is -0.346 e. The summed E-state index contributed by atoms with van der Waals surface area (Å²) in [5.41, 5.74) is 10.6. The zero-order valence-electron chi connectivity index (χ0n) is 11.7. The number of carbonyl (C=O) groups excluding carboxylic acids is 1. The number of aromatic nitrogens is 2. The monoisotopic (exact) mass is 270 g/mol. The van der Waals surface area contributed by atoms with Gasteiger partial charge < -0.3 is 15.6 Å². The highest BCUT2D eigenvalue weighted by Crippen LogP contribution is 2.33. The van der Waals surface area contributed by atoms with E-state index in [4.69, 9.17) is 5.73 Å². The Balaban J connectivity index is 1.90. The van der Waals surface area contributed by atoms with E-state index in [1.54, 1.807) is 12.3 Å². The minimum atomic E-state index is -0.0894. The van der Waals surface area contributed by atoms with E-state index in [0.717, 1.165) is 35.3 Å². The highest BCUT2D eigenvalue weighted by Gasteiger charge is 2.28. The quantitative estimate of drug-likeness (QED) is 0.875. The van der Waals surface area contributed by atoms with Crippen LogP contribution in [0.3, 0.4) is 0 Å². The summed E-state index contributed by atoms with van der Waals surface area (Å²) in [6, 6.07) is 3.70. The molecule has 0 saturated carbocycles. The molecule has 0 aromatic carbocycles. The molecule has 0 spiro atoms. The second-order valence-corrected chi connectivity index (χ2v) is 5.31. The van der Waals surface area contributed by atoms with Crippen LogP contribution in [0.15, 0.2) is 24.5 Å². The van der Waals surface area contributed by atoms with Gasteiger partial charge in [-0.25, -0.2) is 0 Å². The third-order valence-electron chi connectivity index (χ3n) is 3.79. The van der Waals surface area contributed by atoms with Crippen LogP contribution in [0.1, 0.15) is 39.8 Å². The van der Waals surface area contributed by atoms with E-state index in [0.29, 0.717) is 5.69 Å². The molecule has 0 saturated heterocycles. The molecular formula is C15H18N4O. The maximum Gasteiger partial charge on any atom is 0.272 e. The molecule has 1 atom stereocenters. The first-order chi connectivity index (χ1) is 9.56. The number of nitrogens with one attached hydrogen (secondary N) is 1. The number of nitrogens with two attached hydrogens (primary N) is 1. The Kier molecular flexibility index (Phi) is 3.06. The number of aryl methyl sites for hydroxylation is 2. The highest BCUT2D eigenvalue weighted by molar-refractivity contribution is 6.04. The topological polar surface area (TPSA) is 72.9 Å². The molecule has 2 aromatic rings. The molecule has 1 unspecified atom stereocenters. The number of pyridine rings is 1. The van der Waals surface area contributed by atoms with Crippen LogP contribution in [0, 0.1) is 6.92 Å². The summed E-state index contributed by atoms with van der Waals surface area (Å²) < 4.78 is 1.87. The lowest BCUT2D eigenvalue weighted by atomic mass is 10.1. The molecule has 1 aliphatic carbocycles. The van der Waals surface area contributed by atoms with Crippen molar-refractivity contribution >= 4 is 11.6 Å². The number of hydrogen-bond acceptors (Lipinski definition) is 3. The Hall–Kier alpha value is -2.14. The van der Waals surface area contributed by atoms with Gasteiger partial charge in [-0.1, -0.05) is 0 Å². The number of rotatable bonds is 2. The van der Waals surface area contributed by atoms with Gasteiger partial charge in [-0.3, -0.25) is 9.78 Å². The lowest BCUT2D eigenvalue weighted by Crippen LogP contribution is -2.17. The molecule has 2 aromatic heterocycles. The van der Waals surface area contributed by atoms with Gasteiger partial charge in [0.05, 0.1) is 0 Å². The molecule has 0 aliphatic heterocycles. The second kappa shape index (κ2) is 4.76. The van der Waals surface area contributed by atoms with Gasteiger partial charge in [-0.15, -0.1) is 0 Å². The predicted octanol–water partition coefficient (Wildman–Crippen LogP) is 1.93. The van der Waals surface area contributed by atoms with Crippen molar-refractivity contribution in [3.63, 3.8) is 0 Å². The number of nitrogens with zero attached hydrogens (tertiary/aromatic N) is 2. The summed E-state index contributed by atoms with van der Waals surface area (Å²) in [4.78, 5) is 16.6. The molecule has 3 N–H and O–H groups in total. The molecule has 2 heterocycles. The molecule has 5 heteroatoms. The van der Waals surface area contributed by atoms with Crippen LogP contribution in [-0.2, 0) is 13.5 Å². The number of anilines is 1. The average molecular weight is 270 g/mol. The smallest absolute Gasteiger partial charge is 0.272 e. The van der Waals surface area contributed by atoms with Gasteiger partial charge >= 0.3 is 0 Å². The van der Waals surface area contributed by atoms with Gasteiger partial charge in [0.1, 0.15) is 5.69 Å². The van der Waals surface area contributed by atoms with Crippen LogP contribution in [0.5, 0.6) is 0 Å². The van der Waals surface area contributed by atoms with Crippen LogP contribution in [0.2, 0.25) is 0 Å². The Morgan fingerprint density at radius 1 is 1.55 bits per heavy atom. The molecule has 1 aliphatic rings. The summed E-state index contributed by atoms with van der Waals surface area (Å²) in [7, 11) is 1.89. The Labute approximate surface area is 117 Å². The summed E-state index contributed by atoms with van der Waals surface area (Å²) in [5.74, 6) is -0.0894. The van der Waals surface area contributed by atoms with E-state index in [2.05, 4.69) is 10.3 Å². The van der Waals surface area contributed by atoms with Gasteiger partial charge in [0, 0.05) is 36.9 Å². The first-order valence-corrected chi connectivity index (χ1v) is 6.74. The van der Waals surface area contributed by atoms with Gasteiger partial charge in [0.2, 0.25) is 0 Å². The van der Waals surface area contributed by atoms with Crippen LogP contribution in [-0.4, -0.2) is 15.5 Å². The minimum absolute atomic E-state index is 0.0564. The lowest BCUT2D eigenvalue weighted by Gasteiger charge is -2.08. The Morgan fingerprint density at radius 3 is 3.10 bits per heavy atom. The summed E-state index contributed by atoms with van der Waals surface area (Å²) >= 11 is 0. The van der Waals surface area contributed by atoms with E-state index in [1.807, 2.05) is 30.8 Å². The van der Waals surface area contributed by atoms with Crippen molar-refractivity contribution in [3.8, 4) is 0 Å². The fraction of sp³-hybridized carbons (Fsp3) is 0.333. The third kappa shape index (κ3) is 2.10. The zero-order chi connectivity index (χ0) is 14.3. The van der Waals surface area contributed by atoms with Gasteiger partial charge in [0.25, 0.3) is 5.91 Å². The molecule has 0 bridgehead atoms. The first kappa shape index (κ1) is 12.9. The van der Waals surface area contributed by atoms with Crippen molar-refractivity contribution in [2.24, 2.45) is 12.8 Å². The van der Waals surface area contributed by atoms with E-state index in [-0.39, 0.29) is 11.9 Å². The molecule has 5 nitrogen and oxygen atoms in total. The fourth-order valence-electron chi connectivity index (χ4n) is 2.85. The maximum atomic E-state index is 12.5. The molecular weight excluding hydrogens is 252 g/mol. The summed E-state index contributed by atoms with van der Waals surface area (Å²) in [6.45, 7) is 1.90. The number of fused-ring (bicyclic) bond motifs is 1. The fourth-order valence-corrected chi connectivity index (χ4v) is 2.85. The largest absolute Gasteiger partial charge is 0.346 e. The standard InChI is InChI=1S/C15H18N4O/c1-9-7-10(5-6-17-9)18-15(20)14-11-3-4-13(16)12(11)8-19(14)2/h5-8,13H,3-4,16H2,1-2H3,(H,17,18,20). The van der Waals surface area contributed by atoms with Gasteiger partial charge in [-0.2, -0.15) is 0 Å². The molecule has 3 rings (SSSR count). The molecule has 20 heavy (non-hydrogen) atoms. The second-order valence-electron chi connectivity index (χ2n) is 5.31. The summed E-state index contributed by atoms with van der Waals surface area (Å²) in [5, 5.41) is 2.93. The van der Waals surface area contributed by atoms with Crippen molar-refractivity contribution in [2.75, 3.05) is 5.32 Å². The van der Waals surface area contributed by atoms with E-state index in [1.165, 1.54) is 0 Å². The summed E-state index contributed by atoms with van der Waals surface area (Å²) in [6.07, 6.45) is 5.45. The van der Waals surface area contributed by atoms with Crippen LogP contribution < -0.4 is 11.1 Å². The van der Waals surface area contributed by atoms with E-state index in [9.17, 15) is 4.79 Å². The number of amides is 1. The maximum absolute atomic E-state index is 12.5. The van der Waals surface area contributed by atoms with E-state index >= 15 is 0 Å². The molecule has 1 amide bonds. The molecule has 0 fully saturated rings. The highest BCUT2D eigenvalue weighted by atomic mass is 16.1. The third-order valence-corrected chi connectivity index (χ3v) is 3.79. The zero-order valence-corrected chi connectivity index (χ0v) is 11.7. The van der Waals surface area contributed by atoms with Crippen LogP contribution in [0.25, 0.3) is 0 Å². The van der Waals surface area contributed by atoms with Crippen LogP contribution >= 0.6 is 0 Å². The van der Waals surface area contributed by atoms with Gasteiger partial charge in [0.15, 0.2) is 0 Å². The molecule has 104 valence electrons. The lowest BCUT2D eigenvalue weighted by molar-refractivity contribution is 0.101. The van der Waals surface area contributed by atoms with Crippen molar-refractivity contribution in [1.82, 2.24) is 9.55 Å². The predicted molar refractivity (Wildman–Crippen MR) is 77.6 cm³/mol. The normalized spacial score (nSPS) is 17.1. The van der Waals surface area contributed by atoms with Crippen molar-refractivity contribution in [1.29, 1.82) is 0 Å². The number of hydrogen-bond donors (Lipinski definition) is 2. The van der Waals surface area contributed by atoms with Crippen molar-refractivity contribution in [2.45, 2.75) is 25.8 Å². The first-order valence-electron chi connectivity index (χ1n) is 6.74. The van der Waals surface area contributed by atoms with E-state index < -0.39 is 0 Å². The average Bonchev–Trinajstić information content (AvgIpc) is 2.89. The van der Waals surface area contributed by atoms with Crippen molar-refractivity contribution in [3.05, 3.63) is 47.0 Å². The number of carbonyl (C=O) groups is 1. The molecule has 0 radical (unpaired) electrons.